The fourth-order valence-electron chi connectivity index (χ4n) is 6.95. The number of benzene rings is 1. The normalized spacial score (nSPS) is 26.4. The summed E-state index contributed by atoms with van der Waals surface area (Å²) in [5.74, 6) is -0.712. The van der Waals surface area contributed by atoms with Crippen LogP contribution in [-0.2, 0) is 10.9 Å². The number of aliphatic hydroxyl groups is 1. The molecule has 3 saturated heterocycles. The summed E-state index contributed by atoms with van der Waals surface area (Å²) in [5.41, 5.74) is -3.09. The van der Waals surface area contributed by atoms with Crippen LogP contribution >= 0.6 is 0 Å². The predicted octanol–water partition coefficient (Wildman–Crippen LogP) is 4.87. The van der Waals surface area contributed by atoms with Gasteiger partial charge in [0.1, 0.15) is 35.4 Å². The van der Waals surface area contributed by atoms with E-state index in [0.717, 1.165) is 25.5 Å². The van der Waals surface area contributed by atoms with Gasteiger partial charge in [0.05, 0.1) is 36.2 Å². The number of ether oxygens (including phenoxy) is 2. The molecule has 2 N–H and O–H groups in total. The first-order chi connectivity index (χ1) is 20.9. The standard InChI is InChI=1S/C30H31F5N6O3/c1-28(42)14-40(8-9-43-15-28)26-19-12-37-24(18-11-36-21-5-2-4-20(22(18)21)30(33,34)35)23(32)25(19)38-27(39-26)44-16-29-6-3-7-41(29)13-17(31)10-29/h2,4-5,11-12,17,36,42H,3,6-10,13-16H2,1H3/t17-,28?,29+/m1/s1. The number of alkyl halides is 4. The SMILES string of the molecule is CC1(O)COCCN(c2nc(OC[C@@]34CCCN3C[C@H](F)C4)nc3c(F)c(-c4c[nH]c5cccc(C(F)(F)F)c45)ncc23)C1. The van der Waals surface area contributed by atoms with Crippen molar-refractivity contribution in [2.75, 3.05) is 50.9 Å². The van der Waals surface area contributed by atoms with Crippen LogP contribution in [-0.4, -0.2) is 93.3 Å². The van der Waals surface area contributed by atoms with Crippen LogP contribution in [0.25, 0.3) is 33.1 Å². The number of β-amino-alcohol motifs (C(OH)–C–C–N with tert-alkyl or cyclic N) is 1. The first-order valence-electron chi connectivity index (χ1n) is 14.6. The molecular weight excluding hydrogens is 587 g/mol. The number of halogens is 5. The Balaban J connectivity index is 1.36. The van der Waals surface area contributed by atoms with E-state index in [-0.39, 0.29) is 71.3 Å². The van der Waals surface area contributed by atoms with Gasteiger partial charge in [-0.25, -0.2) is 8.78 Å². The van der Waals surface area contributed by atoms with Gasteiger partial charge in [-0.05, 0) is 38.4 Å². The van der Waals surface area contributed by atoms with Gasteiger partial charge in [-0.2, -0.15) is 23.1 Å². The third-order valence-corrected chi connectivity index (χ3v) is 8.89. The number of aromatic nitrogens is 4. The molecule has 4 aromatic rings. The number of aromatic amines is 1. The highest BCUT2D eigenvalue weighted by Gasteiger charge is 2.49. The highest BCUT2D eigenvalue weighted by atomic mass is 19.4. The Morgan fingerprint density at radius 2 is 2.07 bits per heavy atom. The van der Waals surface area contributed by atoms with Crippen molar-refractivity contribution in [3.63, 3.8) is 0 Å². The first kappa shape index (κ1) is 29.1. The minimum Gasteiger partial charge on any atom is -0.461 e. The Hall–Kier alpha value is -3.62. The summed E-state index contributed by atoms with van der Waals surface area (Å²) < 4.78 is 84.4. The fraction of sp³-hybridized carbons (Fsp3) is 0.500. The maximum absolute atomic E-state index is 16.5. The van der Waals surface area contributed by atoms with Gasteiger partial charge in [0, 0.05) is 48.4 Å². The third-order valence-electron chi connectivity index (χ3n) is 8.89. The zero-order valence-corrected chi connectivity index (χ0v) is 23.9. The van der Waals surface area contributed by atoms with Gasteiger partial charge >= 0.3 is 12.2 Å². The van der Waals surface area contributed by atoms with Crippen molar-refractivity contribution in [2.45, 2.75) is 49.7 Å². The molecule has 1 aromatic carbocycles. The van der Waals surface area contributed by atoms with Crippen molar-refractivity contribution in [1.29, 1.82) is 0 Å². The lowest BCUT2D eigenvalue weighted by atomic mass is 9.95. The average Bonchev–Trinajstić information content (AvgIpc) is 3.61. The lowest BCUT2D eigenvalue weighted by molar-refractivity contribution is -0.136. The van der Waals surface area contributed by atoms with Gasteiger partial charge in [0.15, 0.2) is 5.82 Å². The smallest absolute Gasteiger partial charge is 0.417 e. The molecule has 14 heteroatoms. The number of rotatable bonds is 5. The highest BCUT2D eigenvalue weighted by Crippen LogP contribution is 2.42. The second-order valence-electron chi connectivity index (χ2n) is 12.3. The summed E-state index contributed by atoms with van der Waals surface area (Å²) in [6.45, 7) is 3.53. The molecule has 1 unspecified atom stereocenters. The monoisotopic (exact) mass is 618 g/mol. The van der Waals surface area contributed by atoms with Gasteiger partial charge in [-0.15, -0.1) is 0 Å². The van der Waals surface area contributed by atoms with Crippen LogP contribution in [0.4, 0.5) is 27.8 Å². The summed E-state index contributed by atoms with van der Waals surface area (Å²) in [4.78, 5) is 19.9. The summed E-state index contributed by atoms with van der Waals surface area (Å²) in [6.07, 6.45) is -1.09. The number of nitrogens with zero attached hydrogens (tertiary/aromatic N) is 5. The first-order valence-corrected chi connectivity index (χ1v) is 14.6. The number of pyridine rings is 1. The average molecular weight is 619 g/mol. The van der Waals surface area contributed by atoms with Crippen molar-refractivity contribution in [2.24, 2.45) is 0 Å². The topological polar surface area (TPSA) is 99.6 Å². The summed E-state index contributed by atoms with van der Waals surface area (Å²) in [5, 5.41) is 10.8. The van der Waals surface area contributed by atoms with Crippen molar-refractivity contribution in [3.05, 3.63) is 42.0 Å². The number of hydrogen-bond donors (Lipinski definition) is 2. The largest absolute Gasteiger partial charge is 0.461 e. The van der Waals surface area contributed by atoms with Crippen molar-refractivity contribution >= 4 is 27.6 Å². The van der Waals surface area contributed by atoms with Crippen LogP contribution in [0.15, 0.2) is 30.6 Å². The van der Waals surface area contributed by atoms with Gasteiger partial charge in [-0.1, -0.05) is 6.07 Å². The fourth-order valence-corrected chi connectivity index (χ4v) is 6.95. The lowest BCUT2D eigenvalue weighted by Crippen LogP contribution is -2.44. The van der Waals surface area contributed by atoms with E-state index >= 15 is 4.39 Å². The molecule has 9 nitrogen and oxygen atoms in total. The molecule has 0 amide bonds. The van der Waals surface area contributed by atoms with Gasteiger partial charge in [0.2, 0.25) is 0 Å². The molecule has 3 atom stereocenters. The van der Waals surface area contributed by atoms with E-state index in [2.05, 4.69) is 24.8 Å². The molecular formula is C30H31F5N6O3. The van der Waals surface area contributed by atoms with E-state index in [0.29, 0.717) is 19.5 Å². The van der Waals surface area contributed by atoms with E-state index in [4.69, 9.17) is 9.47 Å². The molecule has 234 valence electrons. The zero-order chi connectivity index (χ0) is 30.9. The molecule has 0 bridgehead atoms. The molecule has 0 radical (unpaired) electrons. The van der Waals surface area contributed by atoms with Crippen molar-refractivity contribution < 1.29 is 36.5 Å². The third kappa shape index (κ3) is 5.02. The van der Waals surface area contributed by atoms with Crippen LogP contribution in [0.3, 0.4) is 0 Å². The van der Waals surface area contributed by atoms with Crippen molar-refractivity contribution in [1.82, 2.24) is 24.8 Å². The van der Waals surface area contributed by atoms with Crippen LogP contribution < -0.4 is 9.64 Å². The predicted molar refractivity (Wildman–Crippen MR) is 152 cm³/mol. The molecule has 3 aliphatic heterocycles. The number of anilines is 1. The number of fused-ring (bicyclic) bond motifs is 3. The Kier molecular flexibility index (Phi) is 6.94. The molecule has 3 aliphatic rings. The van der Waals surface area contributed by atoms with E-state index in [1.807, 2.05) is 0 Å². The van der Waals surface area contributed by atoms with Crippen LogP contribution in [0.1, 0.15) is 31.7 Å². The van der Waals surface area contributed by atoms with Crippen LogP contribution in [0, 0.1) is 5.82 Å². The highest BCUT2D eigenvalue weighted by molar-refractivity contribution is 6.00. The van der Waals surface area contributed by atoms with E-state index in [1.165, 1.54) is 24.5 Å². The second kappa shape index (κ2) is 10.5. The van der Waals surface area contributed by atoms with E-state index < -0.39 is 34.9 Å². The van der Waals surface area contributed by atoms with E-state index in [9.17, 15) is 22.7 Å². The molecule has 0 aliphatic carbocycles. The lowest BCUT2D eigenvalue weighted by Gasteiger charge is -2.31. The Morgan fingerprint density at radius 1 is 1.23 bits per heavy atom. The van der Waals surface area contributed by atoms with Crippen LogP contribution in [0.2, 0.25) is 0 Å². The Morgan fingerprint density at radius 3 is 2.89 bits per heavy atom. The molecule has 3 aromatic heterocycles. The van der Waals surface area contributed by atoms with Crippen molar-refractivity contribution in [3.8, 4) is 17.3 Å². The zero-order valence-electron chi connectivity index (χ0n) is 23.9. The molecule has 3 fully saturated rings. The Bertz CT molecular complexity index is 1730. The molecule has 44 heavy (non-hydrogen) atoms. The molecule has 0 spiro atoms. The quantitative estimate of drug-likeness (QED) is 0.306. The number of hydrogen-bond acceptors (Lipinski definition) is 8. The van der Waals surface area contributed by atoms with Gasteiger partial charge in [0.25, 0.3) is 0 Å². The molecule has 6 heterocycles. The number of H-pyrrole nitrogens is 1. The Labute approximate surface area is 249 Å². The number of nitrogens with one attached hydrogen (secondary N) is 1. The van der Waals surface area contributed by atoms with E-state index in [1.54, 1.807) is 11.8 Å². The minimum absolute atomic E-state index is 0.0681. The second-order valence-corrected chi connectivity index (χ2v) is 12.3. The van der Waals surface area contributed by atoms with Gasteiger partial charge in [-0.3, -0.25) is 9.88 Å². The summed E-state index contributed by atoms with van der Waals surface area (Å²) >= 11 is 0. The van der Waals surface area contributed by atoms with Gasteiger partial charge < -0.3 is 24.5 Å². The molecule has 0 saturated carbocycles. The summed E-state index contributed by atoms with van der Waals surface area (Å²) in [6, 6.07) is 3.53. The molecule has 7 rings (SSSR count). The minimum atomic E-state index is -4.68. The van der Waals surface area contributed by atoms with Crippen LogP contribution in [0.5, 0.6) is 6.01 Å². The maximum atomic E-state index is 16.5. The maximum Gasteiger partial charge on any atom is 0.417 e. The summed E-state index contributed by atoms with van der Waals surface area (Å²) in [7, 11) is 0.